The number of hydrogen-bond donors (Lipinski definition) is 1. The number of amidine groups is 1. The van der Waals surface area contributed by atoms with Crippen LogP contribution in [0.1, 0.15) is 51.1 Å². The Kier molecular flexibility index (Phi) is 12.2. The van der Waals surface area contributed by atoms with Crippen LogP contribution in [0.25, 0.3) is 0 Å². The number of oxime groups is 1. The van der Waals surface area contributed by atoms with Crippen LogP contribution in [-0.4, -0.2) is 72.8 Å². The highest BCUT2D eigenvalue weighted by Crippen LogP contribution is 2.31. The van der Waals surface area contributed by atoms with Crippen LogP contribution in [0.15, 0.2) is 144 Å². The predicted octanol–water partition coefficient (Wildman–Crippen LogP) is 5.48. The minimum Gasteiger partial charge on any atom is -0.459 e. The molecule has 54 heavy (non-hydrogen) atoms. The van der Waals surface area contributed by atoms with E-state index in [4.69, 9.17) is 34.3 Å². The van der Waals surface area contributed by atoms with E-state index in [1.54, 1.807) is 84.2 Å². The number of esters is 4. The molecule has 0 saturated carbocycles. The molecule has 1 saturated heterocycles. The molecule has 4 aromatic carbocycles. The van der Waals surface area contributed by atoms with Crippen LogP contribution in [0.3, 0.4) is 0 Å². The molecule has 0 amide bonds. The maximum Gasteiger partial charge on any atom is 0.375 e. The van der Waals surface area contributed by atoms with E-state index in [-0.39, 0.29) is 27.1 Å². The first-order chi connectivity index (χ1) is 26.3. The zero-order chi connectivity index (χ0) is 37.9. The Labute approximate surface area is 312 Å². The lowest BCUT2D eigenvalue weighted by Crippen LogP contribution is -2.65. The summed E-state index contributed by atoms with van der Waals surface area (Å²) < 4.78 is 29.9. The fourth-order valence-corrected chi connectivity index (χ4v) is 5.99. The molecule has 14 heteroatoms. The minimum atomic E-state index is -1.68. The van der Waals surface area contributed by atoms with Crippen LogP contribution in [0.2, 0.25) is 0 Å². The topological polar surface area (TPSA) is 179 Å². The molecule has 6 rings (SSSR count). The summed E-state index contributed by atoms with van der Waals surface area (Å²) in [6, 6.07) is 35.0. The summed E-state index contributed by atoms with van der Waals surface area (Å²) >= 11 is 1.10. The Morgan fingerprint density at radius 1 is 0.556 bits per heavy atom. The third-order valence-corrected chi connectivity index (χ3v) is 8.88. The molecular formula is C40H32N2O11S. The van der Waals surface area contributed by atoms with Crippen LogP contribution in [0.5, 0.6) is 0 Å². The van der Waals surface area contributed by atoms with Crippen molar-refractivity contribution in [1.82, 2.24) is 0 Å². The largest absolute Gasteiger partial charge is 0.459 e. The molecule has 13 nitrogen and oxygen atoms in total. The summed E-state index contributed by atoms with van der Waals surface area (Å²) in [4.78, 5) is 72.2. The normalized spacial score (nSPS) is 19.5. The van der Waals surface area contributed by atoms with Gasteiger partial charge < -0.3 is 34.3 Å². The lowest BCUT2D eigenvalue weighted by atomic mass is 9.93. The number of benzene rings is 4. The van der Waals surface area contributed by atoms with E-state index in [0.717, 1.165) is 11.3 Å². The van der Waals surface area contributed by atoms with E-state index in [1.807, 2.05) is 0 Å². The van der Waals surface area contributed by atoms with Crippen LogP contribution in [0.4, 0.5) is 0 Å². The molecule has 0 bridgehead atoms. The van der Waals surface area contributed by atoms with Crippen molar-refractivity contribution in [2.24, 2.45) is 10.9 Å². The van der Waals surface area contributed by atoms with Crippen LogP contribution >= 0.6 is 11.3 Å². The second kappa shape index (κ2) is 17.7. The third kappa shape index (κ3) is 9.23. The van der Waals surface area contributed by atoms with Crippen molar-refractivity contribution in [1.29, 1.82) is 0 Å². The lowest BCUT2D eigenvalue weighted by Gasteiger charge is -2.44. The molecule has 2 heterocycles. The zero-order valence-corrected chi connectivity index (χ0v) is 29.1. The van der Waals surface area contributed by atoms with E-state index in [2.05, 4.69) is 5.16 Å². The molecule has 0 aliphatic carbocycles. The van der Waals surface area contributed by atoms with Gasteiger partial charge in [0.1, 0.15) is 17.6 Å². The SMILES string of the molecule is N/C(=N\OC(=O)c1cccs1)[C@@H]1O[C@H](COC(=O)c2ccccc2)[C@@H](OC(=O)c2ccccc2)[C@H](OC(=O)c2ccccc2)[C@H]1OC(=O)c1ccccc1. The van der Waals surface area contributed by atoms with Gasteiger partial charge in [0.2, 0.25) is 0 Å². The fourth-order valence-electron chi connectivity index (χ4n) is 5.39. The number of nitrogens with two attached hydrogens (primary N) is 1. The van der Waals surface area contributed by atoms with Crippen molar-refractivity contribution < 1.29 is 52.5 Å². The van der Waals surface area contributed by atoms with Gasteiger partial charge in [-0.2, -0.15) is 0 Å². The van der Waals surface area contributed by atoms with Gasteiger partial charge in [0.25, 0.3) is 0 Å². The second-order valence-electron chi connectivity index (χ2n) is 11.6. The Morgan fingerprint density at radius 2 is 1.00 bits per heavy atom. The molecule has 2 N–H and O–H groups in total. The quantitative estimate of drug-likeness (QED) is 0.0425. The molecule has 1 aliphatic rings. The van der Waals surface area contributed by atoms with E-state index in [0.29, 0.717) is 0 Å². The van der Waals surface area contributed by atoms with Gasteiger partial charge >= 0.3 is 29.8 Å². The average Bonchev–Trinajstić information content (AvgIpc) is 3.77. The van der Waals surface area contributed by atoms with Gasteiger partial charge in [0.15, 0.2) is 30.3 Å². The smallest absolute Gasteiger partial charge is 0.375 e. The van der Waals surface area contributed by atoms with E-state index in [9.17, 15) is 24.0 Å². The summed E-state index contributed by atoms with van der Waals surface area (Å²) in [5.74, 6) is -4.73. The summed E-state index contributed by atoms with van der Waals surface area (Å²) in [7, 11) is 0. The molecule has 0 radical (unpaired) electrons. The number of ether oxygens (including phenoxy) is 5. The third-order valence-electron chi connectivity index (χ3n) is 8.03. The number of hydrogen-bond acceptors (Lipinski definition) is 13. The summed E-state index contributed by atoms with van der Waals surface area (Å²) in [6.45, 7) is -0.571. The van der Waals surface area contributed by atoms with Crippen molar-refractivity contribution in [3.63, 3.8) is 0 Å². The summed E-state index contributed by atoms with van der Waals surface area (Å²) in [5.41, 5.74) is 6.98. The highest BCUT2D eigenvalue weighted by molar-refractivity contribution is 7.11. The Balaban J connectivity index is 1.42. The monoisotopic (exact) mass is 748 g/mol. The van der Waals surface area contributed by atoms with E-state index >= 15 is 0 Å². The summed E-state index contributed by atoms with van der Waals surface area (Å²) in [5, 5.41) is 5.46. The number of carbonyl (C=O) groups excluding carboxylic acids is 5. The van der Waals surface area contributed by atoms with Crippen LogP contribution in [0, 0.1) is 0 Å². The molecule has 1 fully saturated rings. The van der Waals surface area contributed by atoms with Gasteiger partial charge in [0, 0.05) is 0 Å². The molecule has 1 aromatic heterocycles. The lowest BCUT2D eigenvalue weighted by molar-refractivity contribution is -0.213. The molecule has 0 spiro atoms. The Bertz CT molecular complexity index is 2080. The second-order valence-corrected chi connectivity index (χ2v) is 12.6. The fraction of sp³-hybridized carbons (Fsp3) is 0.150. The highest BCUT2D eigenvalue weighted by Gasteiger charge is 2.54. The van der Waals surface area contributed by atoms with Gasteiger partial charge in [0.05, 0.1) is 22.3 Å². The van der Waals surface area contributed by atoms with Crippen molar-refractivity contribution in [3.05, 3.63) is 166 Å². The van der Waals surface area contributed by atoms with Gasteiger partial charge in [-0.15, -0.1) is 11.3 Å². The number of thiophene rings is 1. The number of nitrogens with zero attached hydrogens (tertiary/aromatic N) is 1. The first-order valence-corrected chi connectivity index (χ1v) is 17.4. The van der Waals surface area contributed by atoms with Crippen molar-refractivity contribution >= 4 is 47.0 Å². The van der Waals surface area contributed by atoms with Gasteiger partial charge in [-0.05, 0) is 60.0 Å². The maximum atomic E-state index is 13.7. The van der Waals surface area contributed by atoms with Crippen molar-refractivity contribution in [2.45, 2.75) is 30.5 Å². The molecule has 1 aliphatic heterocycles. The first kappa shape index (κ1) is 37.1. The van der Waals surface area contributed by atoms with Gasteiger partial charge in [-0.25, -0.2) is 24.0 Å². The Morgan fingerprint density at radius 3 is 1.46 bits per heavy atom. The van der Waals surface area contributed by atoms with Crippen molar-refractivity contribution in [3.8, 4) is 0 Å². The zero-order valence-electron chi connectivity index (χ0n) is 28.3. The Hall–Kier alpha value is -6.64. The standard InChI is InChI=1S/C40H32N2O11S/c41-35(42-53-40(47)30-22-13-23-54-30)34-33(52-39(46)28-20-11-4-12-21-28)32(51-38(45)27-18-9-3-10-19-27)31(50-37(44)26-16-7-2-8-17-26)29(49-34)24-48-36(43)25-14-5-1-6-15-25/h1-23,29,31-34H,24H2,(H2,41,42)/t29-,31-,32+,33-,34-/m1/s1. The minimum absolute atomic E-state index is 0.111. The molecule has 274 valence electrons. The van der Waals surface area contributed by atoms with Crippen LogP contribution in [-0.2, 0) is 28.5 Å². The van der Waals surface area contributed by atoms with Crippen molar-refractivity contribution in [2.75, 3.05) is 6.61 Å². The first-order valence-electron chi connectivity index (χ1n) is 16.5. The molecule has 5 atom stereocenters. The summed E-state index contributed by atoms with van der Waals surface area (Å²) in [6.07, 6.45) is -7.96. The number of carbonyl (C=O) groups is 5. The number of rotatable bonds is 12. The molecule has 5 aromatic rings. The van der Waals surface area contributed by atoms with E-state index in [1.165, 1.54) is 54.6 Å². The molecular weight excluding hydrogens is 717 g/mol. The molecule has 0 unspecified atom stereocenters. The average molecular weight is 749 g/mol. The van der Waals surface area contributed by atoms with E-state index < -0.39 is 72.8 Å². The highest BCUT2D eigenvalue weighted by atomic mass is 32.1. The van der Waals surface area contributed by atoms with Gasteiger partial charge in [-0.3, -0.25) is 0 Å². The van der Waals surface area contributed by atoms with Gasteiger partial charge in [-0.1, -0.05) is 84.0 Å². The maximum absolute atomic E-state index is 13.7. The predicted molar refractivity (Wildman–Crippen MR) is 194 cm³/mol. The van der Waals surface area contributed by atoms with Crippen LogP contribution < -0.4 is 5.73 Å².